The molecule has 1 aromatic heterocycles. The van der Waals surface area contributed by atoms with Gasteiger partial charge in [0.1, 0.15) is 12.4 Å². The first-order valence-corrected chi connectivity index (χ1v) is 12.7. The van der Waals surface area contributed by atoms with Crippen LogP contribution < -0.4 is 4.74 Å². The number of thiophene rings is 1. The standard InChI is InChI=1S/C25H31ClN2O3S/c1-3-17(2)14-27(25(30)18-4-5-18)15-24(29)28-12-10-23-21(11-13-32-23)22(28)16-31-20-8-6-19(26)7-9-20/h6-9,11,13,17-18,22H,3-5,10,12,14-16H2,1-2H3/t17-,22+/m0/s1. The molecule has 1 aromatic carbocycles. The molecular weight excluding hydrogens is 444 g/mol. The average Bonchev–Trinajstić information content (AvgIpc) is 3.53. The molecule has 2 heterocycles. The highest BCUT2D eigenvalue weighted by Gasteiger charge is 2.37. The third-order valence-corrected chi connectivity index (χ3v) is 7.68. The Kier molecular flexibility index (Phi) is 7.41. The second-order valence-corrected chi connectivity index (χ2v) is 10.4. The van der Waals surface area contributed by atoms with Crippen LogP contribution in [0.25, 0.3) is 0 Å². The maximum Gasteiger partial charge on any atom is 0.242 e. The van der Waals surface area contributed by atoms with E-state index in [4.69, 9.17) is 16.3 Å². The average molecular weight is 475 g/mol. The van der Waals surface area contributed by atoms with Crippen molar-refractivity contribution in [2.75, 3.05) is 26.2 Å². The molecule has 32 heavy (non-hydrogen) atoms. The van der Waals surface area contributed by atoms with Crippen LogP contribution in [-0.4, -0.2) is 47.9 Å². The van der Waals surface area contributed by atoms with Gasteiger partial charge in [-0.25, -0.2) is 0 Å². The van der Waals surface area contributed by atoms with Gasteiger partial charge < -0.3 is 14.5 Å². The van der Waals surface area contributed by atoms with Crippen LogP contribution in [0.2, 0.25) is 5.02 Å². The molecule has 1 saturated carbocycles. The van der Waals surface area contributed by atoms with Crippen molar-refractivity contribution in [1.82, 2.24) is 9.80 Å². The number of benzene rings is 1. The number of hydrogen-bond donors (Lipinski definition) is 0. The Balaban J connectivity index is 1.49. The van der Waals surface area contributed by atoms with Crippen molar-refractivity contribution in [2.24, 2.45) is 11.8 Å². The number of carbonyl (C=O) groups excluding carboxylic acids is 2. The summed E-state index contributed by atoms with van der Waals surface area (Å²) < 4.78 is 6.06. The topological polar surface area (TPSA) is 49.9 Å². The lowest BCUT2D eigenvalue weighted by Gasteiger charge is -2.37. The van der Waals surface area contributed by atoms with E-state index in [1.54, 1.807) is 28.4 Å². The van der Waals surface area contributed by atoms with E-state index in [1.165, 1.54) is 4.88 Å². The van der Waals surface area contributed by atoms with Crippen LogP contribution in [0.3, 0.4) is 0 Å². The van der Waals surface area contributed by atoms with E-state index >= 15 is 0 Å². The van der Waals surface area contributed by atoms with Crippen molar-refractivity contribution in [3.05, 3.63) is 51.2 Å². The summed E-state index contributed by atoms with van der Waals surface area (Å²) in [7, 11) is 0. The van der Waals surface area contributed by atoms with Crippen LogP contribution in [0.1, 0.15) is 49.6 Å². The zero-order chi connectivity index (χ0) is 22.7. The molecule has 0 spiro atoms. The van der Waals surface area contributed by atoms with Crippen molar-refractivity contribution >= 4 is 34.8 Å². The minimum Gasteiger partial charge on any atom is -0.491 e. The van der Waals surface area contributed by atoms with Crippen LogP contribution >= 0.6 is 22.9 Å². The zero-order valence-corrected chi connectivity index (χ0v) is 20.3. The third kappa shape index (κ3) is 5.46. The summed E-state index contributed by atoms with van der Waals surface area (Å²) in [5.41, 5.74) is 1.16. The van der Waals surface area contributed by atoms with Crippen LogP contribution in [0.4, 0.5) is 0 Å². The summed E-state index contributed by atoms with van der Waals surface area (Å²) in [4.78, 5) is 31.4. The number of amides is 2. The number of halogens is 1. The van der Waals surface area contributed by atoms with Gasteiger partial charge in [0, 0.05) is 28.9 Å². The number of ether oxygens (including phenoxy) is 1. The summed E-state index contributed by atoms with van der Waals surface area (Å²) in [5, 5.41) is 2.74. The maximum atomic E-state index is 13.5. The van der Waals surface area contributed by atoms with Gasteiger partial charge in [0.15, 0.2) is 0 Å². The summed E-state index contributed by atoms with van der Waals surface area (Å²) in [6, 6.07) is 9.22. The Morgan fingerprint density at radius 2 is 2.00 bits per heavy atom. The highest BCUT2D eigenvalue weighted by molar-refractivity contribution is 7.10. The predicted molar refractivity (Wildman–Crippen MR) is 128 cm³/mol. The van der Waals surface area contributed by atoms with E-state index in [9.17, 15) is 9.59 Å². The van der Waals surface area contributed by atoms with Crippen LogP contribution in [-0.2, 0) is 16.0 Å². The first kappa shape index (κ1) is 23.1. The Labute approximate surface area is 199 Å². The highest BCUT2D eigenvalue weighted by atomic mass is 35.5. The van der Waals surface area contributed by atoms with Crippen molar-refractivity contribution in [3.63, 3.8) is 0 Å². The minimum atomic E-state index is -0.158. The smallest absolute Gasteiger partial charge is 0.242 e. The van der Waals surface area contributed by atoms with Crippen LogP contribution in [0, 0.1) is 11.8 Å². The SMILES string of the molecule is CC[C@H](C)CN(CC(=O)N1CCc2sccc2[C@H]1COc1ccc(Cl)cc1)C(=O)C1CC1. The van der Waals surface area contributed by atoms with Gasteiger partial charge in [0.2, 0.25) is 11.8 Å². The number of nitrogens with zero attached hydrogens (tertiary/aromatic N) is 2. The summed E-state index contributed by atoms with van der Waals surface area (Å²) in [5.74, 6) is 1.36. The monoisotopic (exact) mass is 474 g/mol. The van der Waals surface area contributed by atoms with E-state index in [0.29, 0.717) is 30.6 Å². The van der Waals surface area contributed by atoms with E-state index in [2.05, 4.69) is 25.3 Å². The zero-order valence-electron chi connectivity index (χ0n) is 18.8. The van der Waals surface area contributed by atoms with Gasteiger partial charge in [0.25, 0.3) is 0 Å². The van der Waals surface area contributed by atoms with Gasteiger partial charge in [-0.05, 0) is 66.5 Å². The molecule has 2 aromatic rings. The largest absolute Gasteiger partial charge is 0.491 e. The quantitative estimate of drug-likeness (QED) is 0.502. The molecule has 0 unspecified atom stereocenters. The lowest BCUT2D eigenvalue weighted by atomic mass is 10.00. The lowest BCUT2D eigenvalue weighted by molar-refractivity contribution is -0.143. The fourth-order valence-electron chi connectivity index (χ4n) is 4.16. The van der Waals surface area contributed by atoms with Gasteiger partial charge in [-0.15, -0.1) is 11.3 Å². The second-order valence-electron chi connectivity index (χ2n) is 8.92. The normalized spacial score (nSPS) is 18.7. The van der Waals surface area contributed by atoms with Crippen molar-refractivity contribution < 1.29 is 14.3 Å². The van der Waals surface area contributed by atoms with Crippen molar-refractivity contribution in [1.29, 1.82) is 0 Å². The second kappa shape index (κ2) is 10.3. The lowest BCUT2D eigenvalue weighted by Crippen LogP contribution is -2.48. The maximum absolute atomic E-state index is 13.5. The Bertz CT molecular complexity index is 941. The molecule has 0 bridgehead atoms. The predicted octanol–water partition coefficient (Wildman–Crippen LogP) is 5.19. The Morgan fingerprint density at radius 3 is 2.69 bits per heavy atom. The number of hydrogen-bond acceptors (Lipinski definition) is 4. The Morgan fingerprint density at radius 1 is 1.25 bits per heavy atom. The fourth-order valence-corrected chi connectivity index (χ4v) is 5.22. The minimum absolute atomic E-state index is 0.00357. The molecule has 0 radical (unpaired) electrons. The molecular formula is C25H31ClN2O3S. The molecule has 1 fully saturated rings. The van der Waals surface area contributed by atoms with Gasteiger partial charge in [-0.2, -0.15) is 0 Å². The summed E-state index contributed by atoms with van der Waals surface area (Å²) >= 11 is 7.72. The fraction of sp³-hybridized carbons (Fsp3) is 0.520. The van der Waals surface area contributed by atoms with Crippen LogP contribution in [0.5, 0.6) is 5.75 Å². The molecule has 4 rings (SSSR count). The highest BCUT2D eigenvalue weighted by Crippen LogP contribution is 2.35. The van der Waals surface area contributed by atoms with Gasteiger partial charge >= 0.3 is 0 Å². The number of carbonyl (C=O) groups is 2. The van der Waals surface area contributed by atoms with Crippen molar-refractivity contribution in [2.45, 2.75) is 45.6 Å². The molecule has 1 aliphatic carbocycles. The molecule has 0 saturated heterocycles. The molecule has 2 atom stereocenters. The number of rotatable bonds is 9. The van der Waals surface area contributed by atoms with Crippen molar-refractivity contribution in [3.8, 4) is 5.75 Å². The first-order valence-electron chi connectivity index (χ1n) is 11.5. The molecule has 5 nitrogen and oxygen atoms in total. The van der Waals surface area contributed by atoms with Gasteiger partial charge in [0.05, 0.1) is 12.6 Å². The molecule has 7 heteroatoms. The number of fused-ring (bicyclic) bond motifs is 1. The molecule has 1 aliphatic heterocycles. The summed E-state index contributed by atoms with van der Waals surface area (Å²) in [6.07, 6.45) is 3.73. The Hall–Kier alpha value is -2.05. The van der Waals surface area contributed by atoms with E-state index in [0.717, 1.165) is 37.0 Å². The van der Waals surface area contributed by atoms with Gasteiger partial charge in [-0.3, -0.25) is 9.59 Å². The summed E-state index contributed by atoms with van der Waals surface area (Å²) in [6.45, 7) is 6.07. The molecule has 0 N–H and O–H groups in total. The van der Waals surface area contributed by atoms with E-state index < -0.39 is 0 Å². The first-order chi connectivity index (χ1) is 15.5. The van der Waals surface area contributed by atoms with E-state index in [-0.39, 0.29) is 30.3 Å². The van der Waals surface area contributed by atoms with Crippen LogP contribution in [0.15, 0.2) is 35.7 Å². The molecule has 2 aliphatic rings. The third-order valence-electron chi connectivity index (χ3n) is 6.43. The molecule has 2 amide bonds. The van der Waals surface area contributed by atoms with Gasteiger partial charge in [-0.1, -0.05) is 31.9 Å². The van der Waals surface area contributed by atoms with E-state index in [1.807, 2.05) is 17.0 Å². The molecule has 172 valence electrons.